The molecule has 0 spiro atoms. The zero-order valence-electron chi connectivity index (χ0n) is 9.44. The SMILES string of the molecule is CC(CNC(=O)c1cccc(N)n1)C1CC1. The third-order valence-corrected chi connectivity index (χ3v) is 3.01. The Morgan fingerprint density at radius 2 is 2.38 bits per heavy atom. The minimum Gasteiger partial charge on any atom is -0.384 e. The summed E-state index contributed by atoms with van der Waals surface area (Å²) in [6.45, 7) is 2.89. The van der Waals surface area contributed by atoms with Gasteiger partial charge in [-0.3, -0.25) is 4.79 Å². The number of anilines is 1. The van der Waals surface area contributed by atoms with Crippen LogP contribution in [0.4, 0.5) is 5.82 Å². The molecule has 0 aromatic carbocycles. The van der Waals surface area contributed by atoms with E-state index in [0.29, 0.717) is 17.4 Å². The monoisotopic (exact) mass is 219 g/mol. The molecule has 0 saturated heterocycles. The van der Waals surface area contributed by atoms with Crippen molar-refractivity contribution in [3.63, 3.8) is 0 Å². The molecule has 16 heavy (non-hydrogen) atoms. The van der Waals surface area contributed by atoms with Crippen LogP contribution in [0.2, 0.25) is 0 Å². The predicted molar refractivity (Wildman–Crippen MR) is 62.9 cm³/mol. The highest BCUT2D eigenvalue weighted by Crippen LogP contribution is 2.36. The number of carbonyl (C=O) groups is 1. The van der Waals surface area contributed by atoms with E-state index in [2.05, 4.69) is 17.2 Å². The zero-order chi connectivity index (χ0) is 11.5. The van der Waals surface area contributed by atoms with E-state index in [-0.39, 0.29) is 5.91 Å². The minimum atomic E-state index is -0.139. The molecule has 0 bridgehead atoms. The maximum Gasteiger partial charge on any atom is 0.269 e. The smallest absolute Gasteiger partial charge is 0.269 e. The van der Waals surface area contributed by atoms with Gasteiger partial charge in [0.05, 0.1) is 0 Å². The molecule has 1 aliphatic carbocycles. The molecule has 1 fully saturated rings. The average Bonchev–Trinajstić information content (AvgIpc) is 3.09. The Balaban J connectivity index is 1.87. The van der Waals surface area contributed by atoms with Crippen molar-refractivity contribution in [3.05, 3.63) is 23.9 Å². The summed E-state index contributed by atoms with van der Waals surface area (Å²) < 4.78 is 0. The maximum atomic E-state index is 11.7. The average molecular weight is 219 g/mol. The highest BCUT2D eigenvalue weighted by Gasteiger charge is 2.27. The highest BCUT2D eigenvalue weighted by molar-refractivity contribution is 5.92. The van der Waals surface area contributed by atoms with Crippen LogP contribution in [0.3, 0.4) is 0 Å². The number of carbonyl (C=O) groups excluding carboxylic acids is 1. The molecule has 1 aromatic heterocycles. The summed E-state index contributed by atoms with van der Waals surface area (Å²) in [5, 5.41) is 2.89. The van der Waals surface area contributed by atoms with Crippen LogP contribution in [0.5, 0.6) is 0 Å². The lowest BCUT2D eigenvalue weighted by molar-refractivity contribution is 0.0942. The van der Waals surface area contributed by atoms with E-state index in [1.807, 2.05) is 0 Å². The summed E-state index contributed by atoms with van der Waals surface area (Å²) in [6.07, 6.45) is 2.60. The second-order valence-corrected chi connectivity index (χ2v) is 4.47. The van der Waals surface area contributed by atoms with E-state index < -0.39 is 0 Å². The molecule has 3 N–H and O–H groups in total. The van der Waals surface area contributed by atoms with Crippen molar-refractivity contribution >= 4 is 11.7 Å². The fraction of sp³-hybridized carbons (Fsp3) is 0.500. The molecule has 1 aliphatic rings. The van der Waals surface area contributed by atoms with Gasteiger partial charge >= 0.3 is 0 Å². The summed E-state index contributed by atoms with van der Waals surface area (Å²) in [5.74, 6) is 1.60. The summed E-state index contributed by atoms with van der Waals surface area (Å²) in [7, 11) is 0. The van der Waals surface area contributed by atoms with Gasteiger partial charge in [-0.25, -0.2) is 4.98 Å². The molecule has 4 nitrogen and oxygen atoms in total. The van der Waals surface area contributed by atoms with Crippen molar-refractivity contribution < 1.29 is 4.79 Å². The molecule has 1 amide bonds. The first-order valence-corrected chi connectivity index (χ1v) is 5.67. The maximum absolute atomic E-state index is 11.7. The molecule has 4 heteroatoms. The number of aromatic nitrogens is 1. The van der Waals surface area contributed by atoms with Gasteiger partial charge in [0.25, 0.3) is 5.91 Å². The summed E-state index contributed by atoms with van der Waals surface area (Å²) >= 11 is 0. The Hall–Kier alpha value is -1.58. The molecule has 0 radical (unpaired) electrons. The molecule has 1 saturated carbocycles. The van der Waals surface area contributed by atoms with Crippen molar-refractivity contribution in [1.29, 1.82) is 0 Å². The highest BCUT2D eigenvalue weighted by atomic mass is 16.1. The molecular formula is C12H17N3O. The van der Waals surface area contributed by atoms with Crippen LogP contribution >= 0.6 is 0 Å². The van der Waals surface area contributed by atoms with Crippen LogP contribution in [0.15, 0.2) is 18.2 Å². The van der Waals surface area contributed by atoms with Gasteiger partial charge in [0.15, 0.2) is 0 Å². The lowest BCUT2D eigenvalue weighted by Gasteiger charge is -2.11. The molecule has 1 aromatic rings. The van der Waals surface area contributed by atoms with Gasteiger partial charge in [0.1, 0.15) is 11.5 Å². The van der Waals surface area contributed by atoms with Crippen molar-refractivity contribution in [2.45, 2.75) is 19.8 Å². The van der Waals surface area contributed by atoms with Crippen molar-refractivity contribution in [2.75, 3.05) is 12.3 Å². The van der Waals surface area contributed by atoms with Gasteiger partial charge in [0, 0.05) is 6.54 Å². The van der Waals surface area contributed by atoms with Crippen LogP contribution in [0.1, 0.15) is 30.3 Å². The Labute approximate surface area is 95.3 Å². The number of nitrogens with one attached hydrogen (secondary N) is 1. The van der Waals surface area contributed by atoms with Crippen LogP contribution in [-0.4, -0.2) is 17.4 Å². The van der Waals surface area contributed by atoms with E-state index in [1.165, 1.54) is 12.8 Å². The number of nitrogens with two attached hydrogens (primary N) is 1. The Morgan fingerprint density at radius 3 is 3.00 bits per heavy atom. The second-order valence-electron chi connectivity index (χ2n) is 4.47. The van der Waals surface area contributed by atoms with Gasteiger partial charge in [0.2, 0.25) is 0 Å². The molecule has 2 rings (SSSR count). The topological polar surface area (TPSA) is 68.0 Å². The van der Waals surface area contributed by atoms with Crippen LogP contribution in [-0.2, 0) is 0 Å². The first-order chi connectivity index (χ1) is 7.66. The number of hydrogen-bond donors (Lipinski definition) is 2. The number of rotatable bonds is 4. The normalized spacial score (nSPS) is 16.8. The number of amides is 1. The van der Waals surface area contributed by atoms with E-state index in [4.69, 9.17) is 5.73 Å². The van der Waals surface area contributed by atoms with Crippen LogP contribution in [0, 0.1) is 11.8 Å². The number of nitrogen functional groups attached to an aromatic ring is 1. The standard InChI is InChI=1S/C12H17N3O/c1-8(9-5-6-9)7-14-12(16)10-3-2-4-11(13)15-10/h2-4,8-9H,5-7H2,1H3,(H2,13,15)(H,14,16). The summed E-state index contributed by atoms with van der Waals surface area (Å²) in [4.78, 5) is 15.7. The first kappa shape index (κ1) is 10.9. The van der Waals surface area contributed by atoms with E-state index in [9.17, 15) is 4.79 Å². The molecule has 0 aliphatic heterocycles. The lowest BCUT2D eigenvalue weighted by Crippen LogP contribution is -2.29. The van der Waals surface area contributed by atoms with Crippen molar-refractivity contribution in [1.82, 2.24) is 10.3 Å². The minimum absolute atomic E-state index is 0.139. The van der Waals surface area contributed by atoms with Gasteiger partial charge in [-0.05, 0) is 36.8 Å². The molecule has 1 atom stereocenters. The van der Waals surface area contributed by atoms with Gasteiger partial charge in [-0.15, -0.1) is 0 Å². The fourth-order valence-electron chi connectivity index (χ4n) is 1.75. The molecule has 1 unspecified atom stereocenters. The van der Waals surface area contributed by atoms with Crippen LogP contribution in [0.25, 0.3) is 0 Å². The van der Waals surface area contributed by atoms with Crippen molar-refractivity contribution in [2.24, 2.45) is 11.8 Å². The fourth-order valence-corrected chi connectivity index (χ4v) is 1.75. The van der Waals surface area contributed by atoms with E-state index in [0.717, 1.165) is 12.5 Å². The predicted octanol–water partition coefficient (Wildman–Crippen LogP) is 1.44. The van der Waals surface area contributed by atoms with E-state index in [1.54, 1.807) is 18.2 Å². The number of hydrogen-bond acceptors (Lipinski definition) is 3. The summed E-state index contributed by atoms with van der Waals surface area (Å²) in [6, 6.07) is 5.08. The zero-order valence-corrected chi connectivity index (χ0v) is 9.44. The molecular weight excluding hydrogens is 202 g/mol. The van der Waals surface area contributed by atoms with Crippen molar-refractivity contribution in [3.8, 4) is 0 Å². The third kappa shape index (κ3) is 2.72. The number of nitrogens with zero attached hydrogens (tertiary/aromatic N) is 1. The first-order valence-electron chi connectivity index (χ1n) is 5.67. The quantitative estimate of drug-likeness (QED) is 0.805. The van der Waals surface area contributed by atoms with E-state index >= 15 is 0 Å². The van der Waals surface area contributed by atoms with Gasteiger partial charge < -0.3 is 11.1 Å². The largest absolute Gasteiger partial charge is 0.384 e. The second kappa shape index (κ2) is 4.51. The lowest BCUT2D eigenvalue weighted by atomic mass is 10.1. The van der Waals surface area contributed by atoms with Gasteiger partial charge in [-0.1, -0.05) is 13.0 Å². The number of pyridine rings is 1. The van der Waals surface area contributed by atoms with Gasteiger partial charge in [-0.2, -0.15) is 0 Å². The summed E-state index contributed by atoms with van der Waals surface area (Å²) in [5.41, 5.74) is 5.91. The Morgan fingerprint density at radius 1 is 1.62 bits per heavy atom. The molecule has 1 heterocycles. The molecule has 86 valence electrons. The Bertz CT molecular complexity index is 388. The van der Waals surface area contributed by atoms with Crippen LogP contribution < -0.4 is 11.1 Å². The Kier molecular flexibility index (Phi) is 3.08. The third-order valence-electron chi connectivity index (χ3n) is 3.01.